The Kier molecular flexibility index (Phi) is 58.9. The summed E-state index contributed by atoms with van der Waals surface area (Å²) in [6.07, 6.45) is 83.5. The first-order valence-corrected chi connectivity index (χ1v) is 29.5. The molecule has 1 nitrogen and oxygen atoms in total. The molecule has 0 aliphatic heterocycles. The molecule has 1 heteroatoms. The highest BCUT2D eigenvalue weighted by atomic mass is 16.2. The molecule has 0 radical (unpaired) electrons. The molecule has 0 aromatic heterocycles. The first-order chi connectivity index (χ1) is 29.9. The van der Waals surface area contributed by atoms with E-state index in [2.05, 4.69) is 6.92 Å². The molecule has 0 bridgehead atoms. The minimum absolute atomic E-state index is 0.375. The average Bonchev–Trinajstić information content (AvgIpc) is 3.26. The number of aliphatic hydroxyl groups excluding tert-OH is 1. The van der Waals surface area contributed by atoms with Gasteiger partial charge >= 0.3 is 0 Å². The van der Waals surface area contributed by atoms with Gasteiger partial charge in [0.2, 0.25) is 0 Å². The van der Waals surface area contributed by atoms with Crippen molar-refractivity contribution in [2.75, 3.05) is 6.61 Å². The Morgan fingerprint density at radius 1 is 0.133 bits per heavy atom. The Morgan fingerprint density at radius 3 is 0.300 bits per heavy atom. The van der Waals surface area contributed by atoms with Gasteiger partial charge in [0.15, 0.2) is 0 Å². The summed E-state index contributed by atoms with van der Waals surface area (Å²) in [7, 11) is 0. The number of unbranched alkanes of at least 4 members (excludes halogenated alkanes) is 56. The third kappa shape index (κ3) is 58.0. The van der Waals surface area contributed by atoms with E-state index in [-0.39, 0.29) is 0 Å². The van der Waals surface area contributed by atoms with Crippen LogP contribution in [0, 0.1) is 0 Å². The smallest absolute Gasteiger partial charge is 0.0431 e. The largest absolute Gasteiger partial charge is 0.396 e. The van der Waals surface area contributed by atoms with Gasteiger partial charge in [0.25, 0.3) is 0 Å². The van der Waals surface area contributed by atoms with Crippen LogP contribution in [0.3, 0.4) is 0 Å². The highest BCUT2D eigenvalue weighted by Gasteiger charge is 2.00. The van der Waals surface area contributed by atoms with Gasteiger partial charge in [-0.3, -0.25) is 0 Å². The van der Waals surface area contributed by atoms with Gasteiger partial charge in [0, 0.05) is 6.61 Å². The number of rotatable bonds is 57. The molecule has 0 aromatic rings. The van der Waals surface area contributed by atoms with Crippen LogP contribution in [0.25, 0.3) is 0 Å². The van der Waals surface area contributed by atoms with Crippen molar-refractivity contribution in [3.63, 3.8) is 0 Å². The summed E-state index contributed by atoms with van der Waals surface area (Å²) >= 11 is 0. The molecular formula is C59H120O. The quantitative estimate of drug-likeness (QED) is 0.0605. The van der Waals surface area contributed by atoms with Gasteiger partial charge in [-0.15, -0.1) is 0 Å². The van der Waals surface area contributed by atoms with Crippen LogP contribution in [0.5, 0.6) is 0 Å². The van der Waals surface area contributed by atoms with Crippen molar-refractivity contribution in [2.24, 2.45) is 0 Å². The van der Waals surface area contributed by atoms with E-state index in [0.717, 1.165) is 6.42 Å². The molecule has 0 heterocycles. The van der Waals surface area contributed by atoms with Gasteiger partial charge in [-0.25, -0.2) is 0 Å². The van der Waals surface area contributed by atoms with Crippen LogP contribution in [0.15, 0.2) is 0 Å². The fraction of sp³-hybridized carbons (Fsp3) is 1.00. The van der Waals surface area contributed by atoms with Gasteiger partial charge in [-0.2, -0.15) is 0 Å². The molecule has 0 amide bonds. The zero-order chi connectivity index (χ0) is 43.0. The Hall–Kier alpha value is -0.0400. The maximum atomic E-state index is 8.83. The van der Waals surface area contributed by atoms with Crippen molar-refractivity contribution in [1.82, 2.24) is 0 Å². The SMILES string of the molecule is CCCCCCCCCCCCCCCCCCCCCCCCCCCCCCCCCCCCCCCCCCCCCCCCCCCCCCCCCCCO. The summed E-state index contributed by atoms with van der Waals surface area (Å²) in [5.74, 6) is 0. The Labute approximate surface area is 383 Å². The van der Waals surface area contributed by atoms with E-state index in [9.17, 15) is 0 Å². The van der Waals surface area contributed by atoms with Gasteiger partial charge in [0.05, 0.1) is 0 Å². The molecule has 60 heavy (non-hydrogen) atoms. The van der Waals surface area contributed by atoms with E-state index < -0.39 is 0 Å². The number of hydrogen-bond donors (Lipinski definition) is 1. The third-order valence-corrected chi connectivity index (χ3v) is 14.3. The lowest BCUT2D eigenvalue weighted by Crippen LogP contribution is -1.85. The Morgan fingerprint density at radius 2 is 0.217 bits per heavy atom. The lowest BCUT2D eigenvalue weighted by Gasteiger charge is -2.05. The third-order valence-electron chi connectivity index (χ3n) is 14.3. The average molecular weight is 846 g/mol. The molecule has 0 spiro atoms. The summed E-state index contributed by atoms with van der Waals surface area (Å²) in [4.78, 5) is 0. The van der Waals surface area contributed by atoms with Crippen LogP contribution >= 0.6 is 0 Å². The minimum Gasteiger partial charge on any atom is -0.396 e. The standard InChI is InChI=1S/C59H120O/c1-2-3-4-5-6-7-8-9-10-11-12-13-14-15-16-17-18-19-20-21-22-23-24-25-26-27-28-29-30-31-32-33-34-35-36-37-38-39-40-41-42-43-44-45-46-47-48-49-50-51-52-53-54-55-56-57-58-59-60/h60H,2-59H2,1H3. The highest BCUT2D eigenvalue weighted by molar-refractivity contribution is 4.55. The van der Waals surface area contributed by atoms with Crippen molar-refractivity contribution in [1.29, 1.82) is 0 Å². The van der Waals surface area contributed by atoms with E-state index >= 15 is 0 Å². The molecule has 0 aromatic carbocycles. The van der Waals surface area contributed by atoms with E-state index in [1.54, 1.807) is 0 Å². The molecule has 0 saturated heterocycles. The topological polar surface area (TPSA) is 20.2 Å². The summed E-state index contributed by atoms with van der Waals surface area (Å²) in [6, 6.07) is 0. The molecule has 0 unspecified atom stereocenters. The van der Waals surface area contributed by atoms with Gasteiger partial charge in [0.1, 0.15) is 0 Å². The van der Waals surface area contributed by atoms with Crippen molar-refractivity contribution in [2.45, 2.75) is 373 Å². The molecule has 0 atom stereocenters. The summed E-state index contributed by atoms with van der Waals surface area (Å²) < 4.78 is 0. The molecule has 1 N–H and O–H groups in total. The van der Waals surface area contributed by atoms with Crippen molar-refractivity contribution < 1.29 is 5.11 Å². The molecule has 0 rings (SSSR count). The molecule has 0 fully saturated rings. The fourth-order valence-electron chi connectivity index (χ4n) is 9.91. The van der Waals surface area contributed by atoms with E-state index in [4.69, 9.17) is 5.11 Å². The lowest BCUT2D eigenvalue weighted by atomic mass is 10.0. The second-order valence-corrected chi connectivity index (χ2v) is 20.5. The minimum atomic E-state index is 0.375. The second kappa shape index (κ2) is 59.0. The predicted molar refractivity (Wildman–Crippen MR) is 276 cm³/mol. The predicted octanol–water partition coefficient (Wildman–Crippen LogP) is 22.2. The van der Waals surface area contributed by atoms with Gasteiger partial charge in [-0.05, 0) is 6.42 Å². The zero-order valence-electron chi connectivity index (χ0n) is 42.5. The maximum Gasteiger partial charge on any atom is 0.0431 e. The number of aliphatic hydroxyl groups is 1. The Balaban J connectivity index is 3.06. The van der Waals surface area contributed by atoms with Gasteiger partial charge in [-0.1, -0.05) is 366 Å². The highest BCUT2D eigenvalue weighted by Crippen LogP contribution is 2.19. The van der Waals surface area contributed by atoms with Crippen LogP contribution in [-0.2, 0) is 0 Å². The Bertz CT molecular complexity index is 629. The van der Waals surface area contributed by atoms with E-state index in [1.165, 1.54) is 360 Å². The van der Waals surface area contributed by atoms with E-state index in [0.29, 0.717) is 6.61 Å². The first-order valence-electron chi connectivity index (χ1n) is 29.5. The van der Waals surface area contributed by atoms with Crippen LogP contribution in [-0.4, -0.2) is 11.7 Å². The van der Waals surface area contributed by atoms with Crippen LogP contribution in [0.1, 0.15) is 373 Å². The fourth-order valence-corrected chi connectivity index (χ4v) is 9.91. The monoisotopic (exact) mass is 845 g/mol. The summed E-state index contributed by atoms with van der Waals surface area (Å²) in [5, 5.41) is 8.83. The van der Waals surface area contributed by atoms with Crippen molar-refractivity contribution in [3.8, 4) is 0 Å². The number of hydrogen-bond acceptors (Lipinski definition) is 1. The molecule has 362 valence electrons. The van der Waals surface area contributed by atoms with Crippen LogP contribution < -0.4 is 0 Å². The molecular weight excluding hydrogens is 725 g/mol. The van der Waals surface area contributed by atoms with E-state index in [1.807, 2.05) is 0 Å². The van der Waals surface area contributed by atoms with Crippen LogP contribution in [0.2, 0.25) is 0 Å². The normalized spacial score (nSPS) is 11.7. The summed E-state index contributed by atoms with van der Waals surface area (Å²) in [6.45, 7) is 2.69. The van der Waals surface area contributed by atoms with Crippen molar-refractivity contribution in [3.05, 3.63) is 0 Å². The lowest BCUT2D eigenvalue weighted by molar-refractivity contribution is 0.282. The first kappa shape index (κ1) is 60.0. The second-order valence-electron chi connectivity index (χ2n) is 20.5. The maximum absolute atomic E-state index is 8.83. The van der Waals surface area contributed by atoms with Crippen molar-refractivity contribution >= 4 is 0 Å². The molecule has 0 aliphatic carbocycles. The zero-order valence-corrected chi connectivity index (χ0v) is 42.5. The summed E-state index contributed by atoms with van der Waals surface area (Å²) in [5.41, 5.74) is 0. The molecule has 0 saturated carbocycles. The van der Waals surface area contributed by atoms with Gasteiger partial charge < -0.3 is 5.11 Å². The van der Waals surface area contributed by atoms with Crippen LogP contribution in [0.4, 0.5) is 0 Å². The molecule has 0 aliphatic rings.